The number of thiazole rings is 1. The standard InChI is InChI=1S/C10H13BrN2O4S/c1-10(2,3)17-9(16)13-8-12-5(4-11)6(18-8)7(14)15/h4H2,1-3H3,(H,14,15)(H,12,13,16). The Morgan fingerprint density at radius 1 is 1.50 bits per heavy atom. The van der Waals surface area contributed by atoms with Crippen LogP contribution in [0.5, 0.6) is 0 Å². The maximum Gasteiger partial charge on any atom is 0.413 e. The van der Waals surface area contributed by atoms with Gasteiger partial charge in [-0.2, -0.15) is 0 Å². The minimum absolute atomic E-state index is 0.0953. The van der Waals surface area contributed by atoms with E-state index in [9.17, 15) is 9.59 Å². The fraction of sp³-hybridized carbons (Fsp3) is 0.500. The number of hydrogen-bond acceptors (Lipinski definition) is 5. The van der Waals surface area contributed by atoms with Gasteiger partial charge in [0.25, 0.3) is 0 Å². The number of alkyl halides is 1. The molecule has 0 aliphatic rings. The molecule has 0 unspecified atom stereocenters. The van der Waals surface area contributed by atoms with Crippen LogP contribution < -0.4 is 5.32 Å². The Balaban J connectivity index is 2.80. The van der Waals surface area contributed by atoms with Gasteiger partial charge in [0.05, 0.1) is 5.69 Å². The Bertz CT molecular complexity index is 467. The maximum absolute atomic E-state index is 11.5. The predicted octanol–water partition coefficient (Wildman–Crippen LogP) is 3.08. The molecule has 6 nitrogen and oxygen atoms in total. The number of amides is 1. The third-order valence-corrected chi connectivity index (χ3v) is 3.16. The van der Waals surface area contributed by atoms with Crippen LogP contribution in [0.25, 0.3) is 0 Å². The first-order chi connectivity index (χ1) is 8.23. The van der Waals surface area contributed by atoms with Gasteiger partial charge in [-0.05, 0) is 20.8 Å². The fourth-order valence-corrected chi connectivity index (χ4v) is 2.45. The molecule has 0 aliphatic heterocycles. The number of carbonyl (C=O) groups is 2. The third-order valence-electron chi connectivity index (χ3n) is 1.63. The molecule has 100 valence electrons. The SMILES string of the molecule is CC(C)(C)OC(=O)Nc1nc(CBr)c(C(=O)O)s1. The Hall–Kier alpha value is -1.15. The average molecular weight is 337 g/mol. The molecule has 0 aliphatic carbocycles. The zero-order valence-electron chi connectivity index (χ0n) is 10.1. The van der Waals surface area contributed by atoms with E-state index < -0.39 is 17.7 Å². The molecule has 0 bridgehead atoms. The number of nitrogens with zero attached hydrogens (tertiary/aromatic N) is 1. The second-order valence-electron chi connectivity index (χ2n) is 4.36. The summed E-state index contributed by atoms with van der Waals surface area (Å²) in [5.41, 5.74) is -0.242. The molecule has 0 spiro atoms. The summed E-state index contributed by atoms with van der Waals surface area (Å²) in [5, 5.41) is 11.9. The van der Waals surface area contributed by atoms with Gasteiger partial charge >= 0.3 is 12.1 Å². The molecule has 1 aromatic rings. The van der Waals surface area contributed by atoms with Crippen molar-refractivity contribution in [3.05, 3.63) is 10.6 Å². The molecule has 0 atom stereocenters. The number of carboxylic acid groups (broad SMARTS) is 1. The Kier molecular flexibility index (Phi) is 4.69. The highest BCUT2D eigenvalue weighted by Crippen LogP contribution is 2.25. The number of carbonyl (C=O) groups excluding carboxylic acids is 1. The topological polar surface area (TPSA) is 88.5 Å². The number of halogens is 1. The van der Waals surface area contributed by atoms with Crippen molar-refractivity contribution >= 4 is 44.5 Å². The van der Waals surface area contributed by atoms with Gasteiger partial charge in [-0.3, -0.25) is 5.32 Å². The lowest BCUT2D eigenvalue weighted by atomic mass is 10.2. The summed E-state index contributed by atoms with van der Waals surface area (Å²) >= 11 is 4.04. The number of rotatable bonds is 3. The predicted molar refractivity (Wildman–Crippen MR) is 71.6 cm³/mol. The van der Waals surface area contributed by atoms with Crippen molar-refractivity contribution in [2.45, 2.75) is 31.7 Å². The summed E-state index contributed by atoms with van der Waals surface area (Å²) < 4.78 is 5.04. The molecular formula is C10H13BrN2O4S. The summed E-state index contributed by atoms with van der Waals surface area (Å²) in [6.45, 7) is 5.21. The lowest BCUT2D eigenvalue weighted by Gasteiger charge is -2.18. The largest absolute Gasteiger partial charge is 0.477 e. The molecule has 0 saturated heterocycles. The number of anilines is 1. The highest BCUT2D eigenvalue weighted by molar-refractivity contribution is 9.08. The molecule has 8 heteroatoms. The van der Waals surface area contributed by atoms with Gasteiger partial charge in [0.15, 0.2) is 5.13 Å². The van der Waals surface area contributed by atoms with Crippen LogP contribution >= 0.6 is 27.3 Å². The van der Waals surface area contributed by atoms with E-state index in [4.69, 9.17) is 9.84 Å². The van der Waals surface area contributed by atoms with Crippen LogP contribution in [0.3, 0.4) is 0 Å². The number of carboxylic acids is 1. The van der Waals surface area contributed by atoms with Gasteiger partial charge in [0.1, 0.15) is 10.5 Å². The lowest BCUT2D eigenvalue weighted by molar-refractivity contribution is 0.0634. The summed E-state index contributed by atoms with van der Waals surface area (Å²) in [6, 6.07) is 0. The van der Waals surface area contributed by atoms with Crippen LogP contribution in [0, 0.1) is 0 Å². The van der Waals surface area contributed by atoms with Crippen molar-refractivity contribution in [1.82, 2.24) is 4.98 Å². The second-order valence-corrected chi connectivity index (χ2v) is 5.92. The number of aromatic carboxylic acids is 1. The molecule has 0 radical (unpaired) electrons. The molecule has 0 aromatic carbocycles. The van der Waals surface area contributed by atoms with Gasteiger partial charge < -0.3 is 9.84 Å². The van der Waals surface area contributed by atoms with Crippen molar-refractivity contribution in [3.8, 4) is 0 Å². The van der Waals surface area contributed by atoms with E-state index in [2.05, 4.69) is 26.2 Å². The van der Waals surface area contributed by atoms with Crippen molar-refractivity contribution in [2.75, 3.05) is 5.32 Å². The van der Waals surface area contributed by atoms with E-state index in [-0.39, 0.29) is 10.0 Å². The van der Waals surface area contributed by atoms with E-state index in [1.54, 1.807) is 20.8 Å². The van der Waals surface area contributed by atoms with Gasteiger partial charge in [-0.25, -0.2) is 14.6 Å². The molecule has 1 heterocycles. The molecule has 18 heavy (non-hydrogen) atoms. The van der Waals surface area contributed by atoms with E-state index in [1.165, 1.54) is 0 Å². The molecule has 0 saturated carbocycles. The van der Waals surface area contributed by atoms with Crippen LogP contribution in [0.2, 0.25) is 0 Å². The van der Waals surface area contributed by atoms with Crippen LogP contribution in [0.15, 0.2) is 0 Å². The molecule has 2 N–H and O–H groups in total. The fourth-order valence-electron chi connectivity index (χ4n) is 1.05. The summed E-state index contributed by atoms with van der Waals surface area (Å²) in [5.74, 6) is -1.07. The number of aromatic nitrogens is 1. The van der Waals surface area contributed by atoms with Crippen LogP contribution in [-0.4, -0.2) is 27.8 Å². The Morgan fingerprint density at radius 2 is 2.11 bits per heavy atom. The first-order valence-corrected chi connectivity index (χ1v) is 6.95. The first kappa shape index (κ1) is 14.9. The summed E-state index contributed by atoms with van der Waals surface area (Å²) in [6.07, 6.45) is -0.658. The van der Waals surface area contributed by atoms with Crippen molar-refractivity contribution in [2.24, 2.45) is 0 Å². The van der Waals surface area contributed by atoms with E-state index in [0.717, 1.165) is 11.3 Å². The average Bonchev–Trinajstić information content (AvgIpc) is 2.57. The monoisotopic (exact) mass is 336 g/mol. The second kappa shape index (κ2) is 5.66. The number of hydrogen-bond donors (Lipinski definition) is 2. The molecular weight excluding hydrogens is 324 g/mol. The molecule has 0 fully saturated rings. The van der Waals surface area contributed by atoms with Crippen molar-refractivity contribution in [1.29, 1.82) is 0 Å². The lowest BCUT2D eigenvalue weighted by Crippen LogP contribution is -2.27. The zero-order valence-corrected chi connectivity index (χ0v) is 12.5. The Labute approximate surface area is 116 Å². The first-order valence-electron chi connectivity index (χ1n) is 5.02. The zero-order chi connectivity index (χ0) is 13.9. The van der Waals surface area contributed by atoms with Gasteiger partial charge in [-0.1, -0.05) is 27.3 Å². The number of nitrogens with one attached hydrogen (secondary N) is 1. The van der Waals surface area contributed by atoms with Crippen LogP contribution in [0.4, 0.5) is 9.93 Å². The summed E-state index contributed by atoms with van der Waals surface area (Å²) in [7, 11) is 0. The maximum atomic E-state index is 11.5. The van der Waals surface area contributed by atoms with E-state index >= 15 is 0 Å². The van der Waals surface area contributed by atoms with Gasteiger partial charge in [-0.15, -0.1) is 0 Å². The smallest absolute Gasteiger partial charge is 0.413 e. The van der Waals surface area contributed by atoms with Crippen LogP contribution in [-0.2, 0) is 10.1 Å². The van der Waals surface area contributed by atoms with E-state index in [1.807, 2.05) is 0 Å². The highest BCUT2D eigenvalue weighted by atomic mass is 79.9. The Morgan fingerprint density at radius 3 is 2.50 bits per heavy atom. The third kappa shape index (κ3) is 4.26. The highest BCUT2D eigenvalue weighted by Gasteiger charge is 2.20. The van der Waals surface area contributed by atoms with Gasteiger partial charge in [0, 0.05) is 5.33 Å². The quantitative estimate of drug-likeness (QED) is 0.828. The van der Waals surface area contributed by atoms with E-state index in [0.29, 0.717) is 11.0 Å². The minimum Gasteiger partial charge on any atom is -0.477 e. The molecule has 1 rings (SSSR count). The van der Waals surface area contributed by atoms with Crippen molar-refractivity contribution in [3.63, 3.8) is 0 Å². The minimum atomic E-state index is -1.07. The molecule has 1 aromatic heterocycles. The normalized spacial score (nSPS) is 11.1. The molecule has 1 amide bonds. The number of ether oxygens (including phenoxy) is 1. The van der Waals surface area contributed by atoms with Crippen LogP contribution in [0.1, 0.15) is 36.1 Å². The summed E-state index contributed by atoms with van der Waals surface area (Å²) in [4.78, 5) is 26.5. The van der Waals surface area contributed by atoms with Gasteiger partial charge in [0.2, 0.25) is 0 Å². The van der Waals surface area contributed by atoms with Crippen molar-refractivity contribution < 1.29 is 19.4 Å².